The molecule has 1 aliphatic heterocycles. The van der Waals surface area contributed by atoms with Crippen LogP contribution in [0.4, 0.5) is 8.78 Å². The van der Waals surface area contributed by atoms with Gasteiger partial charge in [-0.1, -0.05) is 66.7 Å². The molecule has 2 aliphatic rings. The van der Waals surface area contributed by atoms with Crippen LogP contribution in [0.15, 0.2) is 78.9 Å². The molecule has 2 fully saturated rings. The van der Waals surface area contributed by atoms with Crippen molar-refractivity contribution in [3.63, 3.8) is 0 Å². The van der Waals surface area contributed by atoms with Crippen LogP contribution in [0, 0.1) is 17.6 Å². The topological polar surface area (TPSA) is 52.7 Å². The van der Waals surface area contributed by atoms with Crippen LogP contribution in [-0.2, 0) is 27.0 Å². The van der Waals surface area contributed by atoms with E-state index in [1.807, 2.05) is 48.5 Å². The largest absolute Gasteiger partial charge is 0.347 e. The first-order valence-electron chi connectivity index (χ1n) is 14.1. The van der Waals surface area contributed by atoms with Gasteiger partial charge in [0.25, 0.3) is 0 Å². The van der Waals surface area contributed by atoms with Crippen molar-refractivity contribution < 1.29 is 18.4 Å². The van der Waals surface area contributed by atoms with Gasteiger partial charge in [-0.3, -0.25) is 9.59 Å². The van der Waals surface area contributed by atoms with Gasteiger partial charge in [-0.25, -0.2) is 8.78 Å². The third kappa shape index (κ3) is 5.66. The lowest BCUT2D eigenvalue weighted by Gasteiger charge is -2.43. The van der Waals surface area contributed by atoms with Crippen molar-refractivity contribution in [3.05, 3.63) is 107 Å². The molecular formula is C33H37F2N3O2. The van der Waals surface area contributed by atoms with Crippen LogP contribution < -0.4 is 5.32 Å². The van der Waals surface area contributed by atoms with E-state index in [9.17, 15) is 18.4 Å². The molecule has 5 nitrogen and oxygen atoms in total. The summed E-state index contributed by atoms with van der Waals surface area (Å²) in [5.74, 6) is -1.95. The normalized spacial score (nSPS) is 21.9. The number of nitrogens with one attached hydrogen (secondary N) is 1. The highest BCUT2D eigenvalue weighted by Gasteiger charge is 2.62. The Morgan fingerprint density at radius 1 is 0.925 bits per heavy atom. The van der Waals surface area contributed by atoms with Crippen LogP contribution in [-0.4, -0.2) is 54.8 Å². The van der Waals surface area contributed by atoms with Gasteiger partial charge in [-0.2, -0.15) is 0 Å². The number of hydrogen-bond acceptors (Lipinski definition) is 3. The summed E-state index contributed by atoms with van der Waals surface area (Å²) in [4.78, 5) is 30.1. The fourth-order valence-electron chi connectivity index (χ4n) is 6.46. The molecule has 0 spiro atoms. The zero-order valence-corrected chi connectivity index (χ0v) is 23.2. The van der Waals surface area contributed by atoms with Crippen LogP contribution in [0.1, 0.15) is 42.9 Å². The summed E-state index contributed by atoms with van der Waals surface area (Å²) in [5, 5.41) is 3.21. The lowest BCUT2D eigenvalue weighted by molar-refractivity contribution is -0.133. The van der Waals surface area contributed by atoms with E-state index < -0.39 is 22.6 Å². The zero-order valence-electron chi connectivity index (χ0n) is 23.2. The van der Waals surface area contributed by atoms with Crippen LogP contribution in [0.5, 0.6) is 0 Å². The highest BCUT2D eigenvalue weighted by Crippen LogP contribution is 2.56. The fraction of sp³-hybridized carbons (Fsp3) is 0.394. The van der Waals surface area contributed by atoms with E-state index in [0.717, 1.165) is 49.5 Å². The Balaban J connectivity index is 1.31. The quantitative estimate of drug-likeness (QED) is 0.410. The molecule has 210 valence electrons. The molecule has 0 aromatic heterocycles. The number of likely N-dealkylation sites (tertiary alicyclic amines) is 1. The molecule has 1 heterocycles. The van der Waals surface area contributed by atoms with E-state index in [1.54, 1.807) is 24.9 Å². The molecular weight excluding hydrogens is 508 g/mol. The second-order valence-corrected chi connectivity index (χ2v) is 11.4. The van der Waals surface area contributed by atoms with E-state index in [0.29, 0.717) is 25.1 Å². The number of nitrogens with zero attached hydrogens (tertiary/aromatic N) is 2. The summed E-state index contributed by atoms with van der Waals surface area (Å²) in [6, 6.07) is 24.0. The fourth-order valence-corrected chi connectivity index (χ4v) is 6.46. The van der Waals surface area contributed by atoms with Crippen LogP contribution in [0.2, 0.25) is 0 Å². The van der Waals surface area contributed by atoms with Crippen molar-refractivity contribution in [2.75, 3.05) is 33.2 Å². The number of carbonyl (C=O) groups excluding carboxylic acids is 2. The number of hydrogen-bond donors (Lipinski definition) is 1. The Morgan fingerprint density at radius 2 is 1.57 bits per heavy atom. The second kappa shape index (κ2) is 11.5. The van der Waals surface area contributed by atoms with E-state index in [2.05, 4.69) is 22.3 Å². The Morgan fingerprint density at radius 3 is 2.20 bits per heavy atom. The molecule has 1 N–H and O–H groups in total. The standard InChI is InChI=1S/C33H37F2N3O2/c1-24(39)36-32(26-11-7-4-8-12-26)16-19-38(20-17-32)23-28-22-33(28,27-13-14-29(34)30(35)21-27)31(40)37(2)18-15-25-9-5-3-6-10-25/h3-14,21,28H,15-20,22-23H2,1-2H3,(H,36,39). The van der Waals surface area contributed by atoms with Crippen molar-refractivity contribution >= 4 is 11.8 Å². The molecule has 1 aliphatic carbocycles. The molecule has 3 aromatic rings. The average Bonchev–Trinajstić information content (AvgIpc) is 3.69. The Labute approximate surface area is 235 Å². The van der Waals surface area contributed by atoms with E-state index in [4.69, 9.17) is 0 Å². The maximum absolute atomic E-state index is 14.4. The highest BCUT2D eigenvalue weighted by molar-refractivity contribution is 5.92. The van der Waals surface area contributed by atoms with Crippen LogP contribution in [0.3, 0.4) is 0 Å². The SMILES string of the molecule is CC(=O)NC1(c2ccccc2)CCN(CC2CC2(C(=O)N(C)CCc2ccccc2)c2ccc(F)c(F)c2)CC1. The van der Waals surface area contributed by atoms with Gasteiger partial charge in [0, 0.05) is 40.2 Å². The highest BCUT2D eigenvalue weighted by atomic mass is 19.2. The molecule has 2 atom stereocenters. The lowest BCUT2D eigenvalue weighted by atomic mass is 9.80. The summed E-state index contributed by atoms with van der Waals surface area (Å²) in [6.07, 6.45) is 2.83. The first kappa shape index (κ1) is 28.0. The minimum Gasteiger partial charge on any atom is -0.347 e. The van der Waals surface area contributed by atoms with Crippen LogP contribution >= 0.6 is 0 Å². The monoisotopic (exact) mass is 545 g/mol. The Hall–Kier alpha value is -3.58. The summed E-state index contributed by atoms with van der Waals surface area (Å²) >= 11 is 0. The first-order chi connectivity index (χ1) is 19.2. The van der Waals surface area contributed by atoms with Crippen molar-refractivity contribution in [3.8, 4) is 0 Å². The third-order valence-corrected chi connectivity index (χ3v) is 8.78. The number of piperidine rings is 1. The molecule has 1 saturated carbocycles. The van der Waals surface area contributed by atoms with E-state index in [1.165, 1.54) is 6.07 Å². The second-order valence-electron chi connectivity index (χ2n) is 11.4. The summed E-state index contributed by atoms with van der Waals surface area (Å²) in [5.41, 5.74) is 1.50. The Bertz CT molecular complexity index is 1340. The van der Waals surface area contributed by atoms with Gasteiger partial charge in [0.2, 0.25) is 11.8 Å². The molecule has 40 heavy (non-hydrogen) atoms. The molecule has 0 radical (unpaired) electrons. The van der Waals surface area contributed by atoms with E-state index >= 15 is 0 Å². The number of likely N-dealkylation sites (N-methyl/N-ethyl adjacent to an activating group) is 1. The maximum atomic E-state index is 14.4. The first-order valence-corrected chi connectivity index (χ1v) is 14.1. The van der Waals surface area contributed by atoms with Gasteiger partial charge in [0.15, 0.2) is 11.6 Å². The number of benzene rings is 3. The van der Waals surface area contributed by atoms with Crippen molar-refractivity contribution in [2.45, 2.75) is 43.6 Å². The van der Waals surface area contributed by atoms with Crippen molar-refractivity contribution in [2.24, 2.45) is 5.92 Å². The van der Waals surface area contributed by atoms with Gasteiger partial charge in [0.05, 0.1) is 11.0 Å². The van der Waals surface area contributed by atoms with Gasteiger partial charge in [0.1, 0.15) is 0 Å². The predicted molar refractivity (Wildman–Crippen MR) is 152 cm³/mol. The lowest BCUT2D eigenvalue weighted by Crippen LogP contribution is -2.53. The van der Waals surface area contributed by atoms with E-state index in [-0.39, 0.29) is 17.7 Å². The average molecular weight is 546 g/mol. The third-order valence-electron chi connectivity index (χ3n) is 8.78. The van der Waals surface area contributed by atoms with Crippen molar-refractivity contribution in [1.29, 1.82) is 0 Å². The van der Waals surface area contributed by atoms with Gasteiger partial charge >= 0.3 is 0 Å². The number of carbonyl (C=O) groups is 2. The summed E-state index contributed by atoms with van der Waals surface area (Å²) in [6.45, 7) is 4.30. The molecule has 2 unspecified atom stereocenters. The maximum Gasteiger partial charge on any atom is 0.233 e. The smallest absolute Gasteiger partial charge is 0.233 e. The summed E-state index contributed by atoms with van der Waals surface area (Å²) in [7, 11) is 1.80. The van der Waals surface area contributed by atoms with Crippen molar-refractivity contribution in [1.82, 2.24) is 15.1 Å². The minimum atomic E-state index is -0.928. The molecule has 7 heteroatoms. The Kier molecular flexibility index (Phi) is 8.04. The van der Waals surface area contributed by atoms with Gasteiger partial charge in [-0.05, 0) is 60.4 Å². The number of rotatable bonds is 9. The molecule has 1 saturated heterocycles. The molecule has 2 amide bonds. The molecule has 3 aromatic carbocycles. The van der Waals surface area contributed by atoms with Gasteiger partial charge < -0.3 is 15.1 Å². The summed E-state index contributed by atoms with van der Waals surface area (Å²) < 4.78 is 28.2. The van der Waals surface area contributed by atoms with Gasteiger partial charge in [-0.15, -0.1) is 0 Å². The number of halogens is 2. The minimum absolute atomic E-state index is 0.00553. The predicted octanol–water partition coefficient (Wildman–Crippen LogP) is 5.05. The zero-order chi connectivity index (χ0) is 28.3. The van der Waals surface area contributed by atoms with Crippen LogP contribution in [0.25, 0.3) is 0 Å². The molecule has 5 rings (SSSR count). The molecule has 0 bridgehead atoms. The number of amides is 2.